The van der Waals surface area contributed by atoms with Gasteiger partial charge < -0.3 is 4.90 Å². The molecule has 6 heteroatoms. The molecular formula is C19H27N5O. The van der Waals surface area contributed by atoms with Gasteiger partial charge in [-0.05, 0) is 31.7 Å². The van der Waals surface area contributed by atoms with Crippen LogP contribution in [0, 0.1) is 0 Å². The van der Waals surface area contributed by atoms with Gasteiger partial charge in [0.25, 0.3) is 5.91 Å². The van der Waals surface area contributed by atoms with E-state index in [-0.39, 0.29) is 11.9 Å². The molecule has 2 aliphatic rings. The summed E-state index contributed by atoms with van der Waals surface area (Å²) in [5, 5.41) is 9.03. The second-order valence-electron chi connectivity index (χ2n) is 7.47. The molecule has 1 aliphatic carbocycles. The lowest BCUT2D eigenvalue weighted by Crippen LogP contribution is -2.41. The molecule has 3 heterocycles. The molecule has 0 radical (unpaired) electrons. The Kier molecular flexibility index (Phi) is 4.59. The van der Waals surface area contributed by atoms with Crippen molar-refractivity contribution in [2.24, 2.45) is 7.05 Å². The Morgan fingerprint density at radius 2 is 2.00 bits per heavy atom. The Labute approximate surface area is 148 Å². The van der Waals surface area contributed by atoms with Crippen molar-refractivity contribution in [3.63, 3.8) is 0 Å². The molecule has 4 rings (SSSR count). The number of hydrogen-bond donors (Lipinski definition) is 0. The smallest absolute Gasteiger partial charge is 0.257 e. The molecule has 0 unspecified atom stereocenters. The van der Waals surface area contributed by atoms with Crippen LogP contribution in [-0.4, -0.2) is 43.5 Å². The lowest BCUT2D eigenvalue weighted by molar-refractivity contribution is 0.0671. The molecule has 2 aromatic heterocycles. The number of likely N-dealkylation sites (tertiary alicyclic amines) is 1. The molecule has 2 aromatic rings. The standard InChI is InChI=1S/C19H27N5O/c1-22-14-17(18(21-22)15-7-3-2-4-8-15)19(25)23-11-5-9-16(13-23)24-12-6-10-20-24/h6,10,12,14-16H,2-5,7-9,11,13H2,1H3/t16-/m1/s1. The Bertz CT molecular complexity index is 714. The van der Waals surface area contributed by atoms with Gasteiger partial charge in [0.2, 0.25) is 0 Å². The summed E-state index contributed by atoms with van der Waals surface area (Å²) in [5.41, 5.74) is 1.84. The van der Waals surface area contributed by atoms with Gasteiger partial charge in [-0.2, -0.15) is 10.2 Å². The van der Waals surface area contributed by atoms with E-state index in [1.807, 2.05) is 46.0 Å². The molecule has 0 aromatic carbocycles. The van der Waals surface area contributed by atoms with E-state index in [0.29, 0.717) is 5.92 Å². The zero-order chi connectivity index (χ0) is 17.2. The summed E-state index contributed by atoms with van der Waals surface area (Å²) in [5.74, 6) is 0.589. The number of hydrogen-bond acceptors (Lipinski definition) is 3. The zero-order valence-electron chi connectivity index (χ0n) is 15.0. The molecule has 0 bridgehead atoms. The fourth-order valence-electron chi connectivity index (χ4n) is 4.37. The van der Waals surface area contributed by atoms with E-state index in [9.17, 15) is 4.79 Å². The van der Waals surface area contributed by atoms with E-state index in [4.69, 9.17) is 0 Å². The van der Waals surface area contributed by atoms with Crippen molar-refractivity contribution in [3.8, 4) is 0 Å². The number of aryl methyl sites for hydroxylation is 1. The molecule has 6 nitrogen and oxygen atoms in total. The average Bonchev–Trinajstić information content (AvgIpc) is 3.32. The van der Waals surface area contributed by atoms with Crippen LogP contribution in [0.3, 0.4) is 0 Å². The minimum absolute atomic E-state index is 0.144. The maximum atomic E-state index is 13.2. The SMILES string of the molecule is Cn1cc(C(=O)N2CCC[C@@H](n3cccn3)C2)c(C2CCCCC2)n1. The molecule has 1 atom stereocenters. The first-order valence-electron chi connectivity index (χ1n) is 9.54. The fourth-order valence-corrected chi connectivity index (χ4v) is 4.37. The van der Waals surface area contributed by atoms with Crippen LogP contribution in [0.1, 0.15) is 73.0 Å². The van der Waals surface area contributed by atoms with Gasteiger partial charge in [0, 0.05) is 44.6 Å². The van der Waals surface area contributed by atoms with E-state index >= 15 is 0 Å². The summed E-state index contributed by atoms with van der Waals surface area (Å²) in [4.78, 5) is 15.2. The topological polar surface area (TPSA) is 56.0 Å². The lowest BCUT2D eigenvalue weighted by Gasteiger charge is -2.33. The van der Waals surface area contributed by atoms with Gasteiger partial charge in [0.05, 0.1) is 17.3 Å². The first-order chi connectivity index (χ1) is 12.2. The third-order valence-electron chi connectivity index (χ3n) is 5.66. The summed E-state index contributed by atoms with van der Waals surface area (Å²) < 4.78 is 3.80. The van der Waals surface area contributed by atoms with Crippen molar-refractivity contribution >= 4 is 5.91 Å². The van der Waals surface area contributed by atoms with Gasteiger partial charge >= 0.3 is 0 Å². The summed E-state index contributed by atoms with van der Waals surface area (Å²) in [6, 6.07) is 2.23. The van der Waals surface area contributed by atoms with Gasteiger partial charge in [-0.1, -0.05) is 19.3 Å². The molecule has 1 saturated heterocycles. The predicted molar refractivity (Wildman–Crippen MR) is 95.4 cm³/mol. The second-order valence-corrected chi connectivity index (χ2v) is 7.47. The van der Waals surface area contributed by atoms with E-state index in [1.165, 1.54) is 19.3 Å². The normalized spacial score (nSPS) is 22.3. The molecule has 25 heavy (non-hydrogen) atoms. The predicted octanol–water partition coefficient (Wildman–Crippen LogP) is 3.14. The summed E-state index contributed by atoms with van der Waals surface area (Å²) in [6.07, 6.45) is 14.0. The number of amides is 1. The highest BCUT2D eigenvalue weighted by Gasteiger charge is 2.30. The van der Waals surface area contributed by atoms with E-state index in [1.54, 1.807) is 0 Å². The van der Waals surface area contributed by atoms with Gasteiger partial charge in [0.1, 0.15) is 0 Å². The van der Waals surface area contributed by atoms with Crippen LogP contribution in [0.15, 0.2) is 24.7 Å². The van der Waals surface area contributed by atoms with Crippen LogP contribution in [-0.2, 0) is 7.05 Å². The van der Waals surface area contributed by atoms with Crippen LogP contribution in [0.5, 0.6) is 0 Å². The number of piperidine rings is 1. The van der Waals surface area contributed by atoms with Crippen molar-refractivity contribution in [1.82, 2.24) is 24.5 Å². The molecule has 1 aliphatic heterocycles. The van der Waals surface area contributed by atoms with E-state index < -0.39 is 0 Å². The van der Waals surface area contributed by atoms with Crippen LogP contribution >= 0.6 is 0 Å². The number of rotatable bonds is 3. The van der Waals surface area contributed by atoms with Crippen molar-refractivity contribution in [1.29, 1.82) is 0 Å². The number of carbonyl (C=O) groups is 1. The Balaban J connectivity index is 1.54. The van der Waals surface area contributed by atoms with Crippen molar-refractivity contribution in [2.75, 3.05) is 13.1 Å². The Morgan fingerprint density at radius 1 is 1.16 bits per heavy atom. The summed E-state index contributed by atoms with van der Waals surface area (Å²) in [7, 11) is 1.92. The third kappa shape index (κ3) is 3.34. The maximum absolute atomic E-state index is 13.2. The highest BCUT2D eigenvalue weighted by atomic mass is 16.2. The Hall–Kier alpha value is -2.11. The third-order valence-corrected chi connectivity index (χ3v) is 5.66. The van der Waals surface area contributed by atoms with Crippen LogP contribution < -0.4 is 0 Å². The molecule has 1 amide bonds. The largest absolute Gasteiger partial charge is 0.336 e. The first kappa shape index (κ1) is 16.4. The van der Waals surface area contributed by atoms with Crippen LogP contribution in [0.4, 0.5) is 0 Å². The molecule has 0 N–H and O–H groups in total. The quantitative estimate of drug-likeness (QED) is 0.862. The van der Waals surface area contributed by atoms with Gasteiger partial charge in [0.15, 0.2) is 0 Å². The summed E-state index contributed by atoms with van der Waals surface area (Å²) >= 11 is 0. The minimum atomic E-state index is 0.144. The van der Waals surface area contributed by atoms with Gasteiger partial charge in [-0.3, -0.25) is 14.2 Å². The van der Waals surface area contributed by atoms with Crippen LogP contribution in [0.2, 0.25) is 0 Å². The molecule has 1 saturated carbocycles. The second kappa shape index (κ2) is 7.02. The zero-order valence-corrected chi connectivity index (χ0v) is 15.0. The maximum Gasteiger partial charge on any atom is 0.257 e. The van der Waals surface area contributed by atoms with Crippen molar-refractivity contribution in [2.45, 2.75) is 56.9 Å². The summed E-state index contributed by atoms with van der Waals surface area (Å²) in [6.45, 7) is 1.56. The lowest BCUT2D eigenvalue weighted by atomic mass is 9.85. The Morgan fingerprint density at radius 3 is 2.76 bits per heavy atom. The van der Waals surface area contributed by atoms with Crippen LogP contribution in [0.25, 0.3) is 0 Å². The average molecular weight is 341 g/mol. The minimum Gasteiger partial charge on any atom is -0.336 e. The number of nitrogens with zero attached hydrogens (tertiary/aromatic N) is 5. The monoisotopic (exact) mass is 341 g/mol. The van der Waals surface area contributed by atoms with Crippen molar-refractivity contribution in [3.05, 3.63) is 35.9 Å². The molecule has 2 fully saturated rings. The van der Waals surface area contributed by atoms with Gasteiger partial charge in [-0.25, -0.2) is 0 Å². The molecule has 134 valence electrons. The van der Waals surface area contributed by atoms with Gasteiger partial charge in [-0.15, -0.1) is 0 Å². The highest BCUT2D eigenvalue weighted by Crippen LogP contribution is 2.34. The number of aromatic nitrogens is 4. The number of carbonyl (C=O) groups excluding carboxylic acids is 1. The fraction of sp³-hybridized carbons (Fsp3) is 0.632. The molecule has 0 spiro atoms. The molecular weight excluding hydrogens is 314 g/mol. The highest BCUT2D eigenvalue weighted by molar-refractivity contribution is 5.95. The van der Waals surface area contributed by atoms with E-state index in [2.05, 4.69) is 10.2 Å². The van der Waals surface area contributed by atoms with E-state index in [0.717, 1.165) is 50.0 Å². The van der Waals surface area contributed by atoms with Crippen molar-refractivity contribution < 1.29 is 4.79 Å². The first-order valence-corrected chi connectivity index (χ1v) is 9.54.